The fourth-order valence-corrected chi connectivity index (χ4v) is 2.96. The van der Waals surface area contributed by atoms with E-state index < -0.39 is 0 Å². The molecule has 126 valence electrons. The van der Waals surface area contributed by atoms with E-state index in [0.717, 1.165) is 25.3 Å². The largest absolute Gasteiger partial charge is 0.482 e. The molecule has 2 aliphatic rings. The standard InChI is InChI=1S/C16H21N3O3.ClH/c1-12-10-17-7-9-18(12)15(20)6-8-19-13-4-2-3-5-14(13)22-11-16(19)21;/h2-5,12,17H,6-11H2,1H3;1H/t12-;/m1./s1. The van der Waals surface area contributed by atoms with Crippen molar-refractivity contribution in [3.8, 4) is 5.75 Å². The Morgan fingerprint density at radius 2 is 2.17 bits per heavy atom. The number of halogens is 1. The van der Waals surface area contributed by atoms with Crippen molar-refractivity contribution in [3.63, 3.8) is 0 Å². The molecule has 0 radical (unpaired) electrons. The minimum absolute atomic E-state index is 0. The molecule has 23 heavy (non-hydrogen) atoms. The summed E-state index contributed by atoms with van der Waals surface area (Å²) in [5, 5.41) is 3.27. The molecule has 1 atom stereocenters. The number of anilines is 1. The van der Waals surface area contributed by atoms with Crippen molar-refractivity contribution in [2.45, 2.75) is 19.4 Å². The van der Waals surface area contributed by atoms with Gasteiger partial charge in [-0.1, -0.05) is 12.1 Å². The number of nitrogens with zero attached hydrogens (tertiary/aromatic N) is 2. The van der Waals surface area contributed by atoms with Crippen LogP contribution in [-0.2, 0) is 9.59 Å². The number of carbonyl (C=O) groups is 2. The zero-order valence-corrected chi connectivity index (χ0v) is 14.0. The van der Waals surface area contributed by atoms with Crippen LogP contribution in [0, 0.1) is 0 Å². The number of para-hydroxylation sites is 2. The Morgan fingerprint density at radius 1 is 1.39 bits per heavy atom. The van der Waals surface area contributed by atoms with Crippen LogP contribution in [0.5, 0.6) is 5.75 Å². The number of rotatable bonds is 3. The summed E-state index contributed by atoms with van der Waals surface area (Å²) in [5.41, 5.74) is 0.750. The molecule has 2 heterocycles. The predicted octanol–water partition coefficient (Wildman–Crippen LogP) is 1.04. The second kappa shape index (κ2) is 7.66. The summed E-state index contributed by atoms with van der Waals surface area (Å²) in [5.74, 6) is 0.704. The Hall–Kier alpha value is -1.79. The zero-order chi connectivity index (χ0) is 15.5. The number of ether oxygens (including phenoxy) is 1. The fourth-order valence-electron chi connectivity index (χ4n) is 2.96. The minimum atomic E-state index is -0.0974. The van der Waals surface area contributed by atoms with Crippen molar-refractivity contribution in [1.82, 2.24) is 10.2 Å². The van der Waals surface area contributed by atoms with Crippen molar-refractivity contribution in [3.05, 3.63) is 24.3 Å². The van der Waals surface area contributed by atoms with Crippen LogP contribution < -0.4 is 15.0 Å². The maximum Gasteiger partial charge on any atom is 0.265 e. The van der Waals surface area contributed by atoms with Gasteiger partial charge in [0.15, 0.2) is 6.61 Å². The topological polar surface area (TPSA) is 61.9 Å². The minimum Gasteiger partial charge on any atom is -0.482 e. The number of amides is 2. The van der Waals surface area contributed by atoms with Crippen LogP contribution in [0.15, 0.2) is 24.3 Å². The fraction of sp³-hybridized carbons (Fsp3) is 0.500. The third-order valence-electron chi connectivity index (χ3n) is 4.18. The van der Waals surface area contributed by atoms with E-state index in [1.165, 1.54) is 0 Å². The Kier molecular flexibility index (Phi) is 5.85. The monoisotopic (exact) mass is 339 g/mol. The Morgan fingerprint density at radius 3 is 2.96 bits per heavy atom. The van der Waals surface area contributed by atoms with Crippen molar-refractivity contribution >= 4 is 29.9 Å². The lowest BCUT2D eigenvalue weighted by Gasteiger charge is -2.35. The van der Waals surface area contributed by atoms with Crippen LogP contribution >= 0.6 is 12.4 Å². The molecule has 0 bridgehead atoms. The summed E-state index contributed by atoms with van der Waals surface area (Å²) in [7, 11) is 0. The van der Waals surface area contributed by atoms with Gasteiger partial charge in [0.1, 0.15) is 5.75 Å². The SMILES string of the molecule is C[C@@H]1CNCCN1C(=O)CCN1C(=O)COc2ccccc21.Cl. The first-order valence-corrected chi connectivity index (χ1v) is 7.69. The lowest BCUT2D eigenvalue weighted by molar-refractivity contribution is -0.133. The molecule has 0 unspecified atom stereocenters. The van der Waals surface area contributed by atoms with E-state index in [9.17, 15) is 9.59 Å². The average Bonchev–Trinajstić information content (AvgIpc) is 2.54. The molecule has 1 aromatic carbocycles. The first-order chi connectivity index (χ1) is 10.7. The molecule has 3 rings (SSSR count). The molecule has 7 heteroatoms. The lowest BCUT2D eigenvalue weighted by Crippen LogP contribution is -2.53. The van der Waals surface area contributed by atoms with E-state index in [1.807, 2.05) is 36.1 Å². The Bertz CT molecular complexity index is 581. The Labute approximate surface area is 142 Å². The van der Waals surface area contributed by atoms with Gasteiger partial charge in [0.05, 0.1) is 5.69 Å². The van der Waals surface area contributed by atoms with Gasteiger partial charge in [0, 0.05) is 38.6 Å². The quantitative estimate of drug-likeness (QED) is 0.894. The van der Waals surface area contributed by atoms with Crippen LogP contribution in [0.2, 0.25) is 0 Å². The Balaban J connectivity index is 0.00000192. The predicted molar refractivity (Wildman–Crippen MR) is 90.2 cm³/mol. The van der Waals surface area contributed by atoms with Gasteiger partial charge < -0.3 is 19.9 Å². The summed E-state index contributed by atoms with van der Waals surface area (Å²) >= 11 is 0. The van der Waals surface area contributed by atoms with E-state index in [4.69, 9.17) is 4.74 Å². The number of nitrogens with one attached hydrogen (secondary N) is 1. The van der Waals surface area contributed by atoms with Crippen LogP contribution in [0.3, 0.4) is 0 Å². The molecular weight excluding hydrogens is 318 g/mol. The zero-order valence-electron chi connectivity index (χ0n) is 13.2. The van der Waals surface area contributed by atoms with Gasteiger partial charge in [-0.25, -0.2) is 0 Å². The molecule has 0 aromatic heterocycles. The molecule has 2 amide bonds. The molecule has 1 fully saturated rings. The smallest absolute Gasteiger partial charge is 0.265 e. The number of piperazine rings is 1. The molecule has 2 aliphatic heterocycles. The second-order valence-corrected chi connectivity index (χ2v) is 5.69. The molecule has 0 saturated carbocycles. The summed E-state index contributed by atoms with van der Waals surface area (Å²) in [4.78, 5) is 28.0. The first-order valence-electron chi connectivity index (χ1n) is 7.69. The number of hydrogen-bond donors (Lipinski definition) is 1. The third-order valence-corrected chi connectivity index (χ3v) is 4.18. The highest BCUT2D eigenvalue weighted by molar-refractivity contribution is 5.98. The van der Waals surface area contributed by atoms with Gasteiger partial charge >= 0.3 is 0 Å². The van der Waals surface area contributed by atoms with Crippen molar-refractivity contribution in [2.24, 2.45) is 0 Å². The van der Waals surface area contributed by atoms with Crippen LogP contribution in [0.1, 0.15) is 13.3 Å². The molecule has 1 N–H and O–H groups in total. The van der Waals surface area contributed by atoms with Gasteiger partial charge in [0.2, 0.25) is 5.91 Å². The summed E-state index contributed by atoms with van der Waals surface area (Å²) in [6.07, 6.45) is 0.338. The number of fused-ring (bicyclic) bond motifs is 1. The van der Waals surface area contributed by atoms with Crippen molar-refractivity contribution in [1.29, 1.82) is 0 Å². The number of carbonyl (C=O) groups excluding carboxylic acids is 2. The molecule has 0 spiro atoms. The van der Waals surface area contributed by atoms with E-state index in [2.05, 4.69) is 5.32 Å². The van der Waals surface area contributed by atoms with Gasteiger partial charge in [0.25, 0.3) is 5.91 Å². The van der Waals surface area contributed by atoms with Crippen molar-refractivity contribution in [2.75, 3.05) is 37.7 Å². The molecular formula is C16H22ClN3O3. The molecule has 1 saturated heterocycles. The van der Waals surface area contributed by atoms with Crippen molar-refractivity contribution < 1.29 is 14.3 Å². The van der Waals surface area contributed by atoms with Gasteiger partial charge in [-0.15, -0.1) is 12.4 Å². The van der Waals surface area contributed by atoms with E-state index in [1.54, 1.807) is 4.90 Å². The molecule has 6 nitrogen and oxygen atoms in total. The highest BCUT2D eigenvalue weighted by Crippen LogP contribution is 2.31. The van der Waals surface area contributed by atoms with E-state index >= 15 is 0 Å². The first kappa shape index (κ1) is 17.6. The van der Waals surface area contributed by atoms with E-state index in [-0.39, 0.29) is 36.9 Å². The molecule has 0 aliphatic carbocycles. The van der Waals surface area contributed by atoms with Gasteiger partial charge in [-0.3, -0.25) is 9.59 Å². The highest BCUT2D eigenvalue weighted by atomic mass is 35.5. The second-order valence-electron chi connectivity index (χ2n) is 5.69. The van der Waals surface area contributed by atoms with Crippen LogP contribution in [-0.4, -0.2) is 55.5 Å². The maximum absolute atomic E-state index is 12.4. The highest BCUT2D eigenvalue weighted by Gasteiger charge is 2.27. The number of hydrogen-bond acceptors (Lipinski definition) is 4. The lowest BCUT2D eigenvalue weighted by atomic mass is 10.2. The third kappa shape index (κ3) is 3.76. The van der Waals surface area contributed by atoms with Gasteiger partial charge in [-0.05, 0) is 19.1 Å². The summed E-state index contributed by atoms with van der Waals surface area (Å²) < 4.78 is 5.41. The van der Waals surface area contributed by atoms with E-state index in [0.29, 0.717) is 18.7 Å². The van der Waals surface area contributed by atoms with Gasteiger partial charge in [-0.2, -0.15) is 0 Å². The van der Waals surface area contributed by atoms with Crippen LogP contribution in [0.25, 0.3) is 0 Å². The number of benzene rings is 1. The average molecular weight is 340 g/mol. The maximum atomic E-state index is 12.4. The summed E-state index contributed by atoms with van der Waals surface area (Å²) in [6, 6.07) is 7.64. The normalized spacial score (nSPS) is 20.4. The van der Waals surface area contributed by atoms with Crippen LogP contribution in [0.4, 0.5) is 5.69 Å². The summed E-state index contributed by atoms with van der Waals surface area (Å²) in [6.45, 7) is 4.86. The molecule has 1 aromatic rings.